The third-order valence-electron chi connectivity index (χ3n) is 3.23. The van der Waals surface area contributed by atoms with Gasteiger partial charge in [-0.3, -0.25) is 4.79 Å². The minimum Gasteiger partial charge on any atom is -0.396 e. The second kappa shape index (κ2) is 7.89. The average Bonchev–Trinajstić information content (AvgIpc) is 2.39. The van der Waals surface area contributed by atoms with Crippen LogP contribution in [0.15, 0.2) is 18.2 Å². The van der Waals surface area contributed by atoms with E-state index in [4.69, 9.17) is 5.11 Å². The highest BCUT2D eigenvalue weighted by Crippen LogP contribution is 2.12. The number of rotatable bonds is 7. The molecule has 2 N–H and O–H groups in total. The topological polar surface area (TPSA) is 49.3 Å². The van der Waals surface area contributed by atoms with Gasteiger partial charge in [-0.05, 0) is 43.4 Å². The number of amides is 1. The van der Waals surface area contributed by atoms with Crippen molar-refractivity contribution in [3.8, 4) is 0 Å². The standard InChI is InChI=1S/C15H22FNO2/c1-3-4-12(7-8-18)10-17-15(19)14-9-13(16)6-5-11(14)2/h5-6,9,12,18H,3-4,7-8,10H2,1-2H3,(H,17,19). The molecule has 1 amide bonds. The van der Waals surface area contributed by atoms with Gasteiger partial charge >= 0.3 is 0 Å². The van der Waals surface area contributed by atoms with Gasteiger partial charge in [-0.25, -0.2) is 4.39 Å². The molecule has 1 aromatic carbocycles. The molecule has 1 unspecified atom stereocenters. The zero-order chi connectivity index (χ0) is 14.3. The number of aryl methyl sites for hydroxylation is 1. The number of halogens is 1. The van der Waals surface area contributed by atoms with Crippen molar-refractivity contribution in [3.05, 3.63) is 35.1 Å². The lowest BCUT2D eigenvalue weighted by Gasteiger charge is -2.16. The van der Waals surface area contributed by atoms with Gasteiger partial charge < -0.3 is 10.4 Å². The molecule has 1 atom stereocenters. The molecule has 4 heteroatoms. The number of nitrogens with one attached hydrogen (secondary N) is 1. The molecule has 0 saturated carbocycles. The highest BCUT2D eigenvalue weighted by Gasteiger charge is 2.13. The number of aliphatic hydroxyl groups excluding tert-OH is 1. The van der Waals surface area contributed by atoms with Crippen molar-refractivity contribution in [1.29, 1.82) is 0 Å². The van der Waals surface area contributed by atoms with Gasteiger partial charge in [0.05, 0.1) is 0 Å². The number of benzene rings is 1. The summed E-state index contributed by atoms with van der Waals surface area (Å²) in [4.78, 5) is 12.0. The number of hydrogen-bond donors (Lipinski definition) is 2. The average molecular weight is 267 g/mol. The van der Waals surface area contributed by atoms with E-state index in [-0.39, 0.29) is 18.4 Å². The smallest absolute Gasteiger partial charge is 0.251 e. The fourth-order valence-corrected chi connectivity index (χ4v) is 2.11. The lowest BCUT2D eigenvalue weighted by Crippen LogP contribution is -2.30. The summed E-state index contributed by atoms with van der Waals surface area (Å²) in [6.45, 7) is 4.50. The Hall–Kier alpha value is -1.42. The molecule has 3 nitrogen and oxygen atoms in total. The Bertz CT molecular complexity index is 415. The van der Waals surface area contributed by atoms with E-state index >= 15 is 0 Å². The molecule has 0 aliphatic carbocycles. The van der Waals surface area contributed by atoms with Gasteiger partial charge in [0.2, 0.25) is 0 Å². The molecule has 1 rings (SSSR count). The van der Waals surface area contributed by atoms with Crippen molar-refractivity contribution in [2.24, 2.45) is 5.92 Å². The Labute approximate surface area is 113 Å². The third kappa shape index (κ3) is 4.99. The largest absolute Gasteiger partial charge is 0.396 e. The maximum Gasteiger partial charge on any atom is 0.251 e. The van der Waals surface area contributed by atoms with Gasteiger partial charge in [-0.2, -0.15) is 0 Å². The number of aliphatic hydroxyl groups is 1. The first kappa shape index (κ1) is 15.6. The van der Waals surface area contributed by atoms with Crippen LogP contribution < -0.4 is 5.32 Å². The molecular formula is C15H22FNO2. The summed E-state index contributed by atoms with van der Waals surface area (Å²) >= 11 is 0. The molecule has 0 aliphatic heterocycles. The maximum absolute atomic E-state index is 13.1. The molecule has 106 valence electrons. The van der Waals surface area contributed by atoms with Crippen molar-refractivity contribution >= 4 is 5.91 Å². The van der Waals surface area contributed by atoms with E-state index in [1.165, 1.54) is 12.1 Å². The predicted molar refractivity (Wildman–Crippen MR) is 73.6 cm³/mol. The minimum absolute atomic E-state index is 0.125. The van der Waals surface area contributed by atoms with Crippen LogP contribution >= 0.6 is 0 Å². The Balaban J connectivity index is 2.61. The Morgan fingerprint density at radius 1 is 1.42 bits per heavy atom. The second-order valence-corrected chi connectivity index (χ2v) is 4.84. The van der Waals surface area contributed by atoms with Crippen LogP contribution in [0.2, 0.25) is 0 Å². The quantitative estimate of drug-likeness (QED) is 0.798. The van der Waals surface area contributed by atoms with Crippen LogP contribution in [0.25, 0.3) is 0 Å². The van der Waals surface area contributed by atoms with E-state index in [1.807, 2.05) is 0 Å². The molecule has 0 heterocycles. The molecule has 0 spiro atoms. The van der Waals surface area contributed by atoms with Crippen LogP contribution in [-0.4, -0.2) is 24.2 Å². The van der Waals surface area contributed by atoms with Crippen LogP contribution in [-0.2, 0) is 0 Å². The molecule has 1 aromatic rings. The number of carbonyl (C=O) groups excluding carboxylic acids is 1. The third-order valence-corrected chi connectivity index (χ3v) is 3.23. The highest BCUT2D eigenvalue weighted by molar-refractivity contribution is 5.95. The first-order valence-corrected chi connectivity index (χ1v) is 6.73. The number of hydrogen-bond acceptors (Lipinski definition) is 2. The van der Waals surface area contributed by atoms with E-state index in [2.05, 4.69) is 12.2 Å². The maximum atomic E-state index is 13.1. The van der Waals surface area contributed by atoms with Gasteiger partial charge in [0.15, 0.2) is 0 Å². The van der Waals surface area contributed by atoms with E-state index in [1.54, 1.807) is 13.0 Å². The van der Waals surface area contributed by atoms with Gasteiger partial charge in [-0.15, -0.1) is 0 Å². The Morgan fingerprint density at radius 3 is 2.79 bits per heavy atom. The predicted octanol–water partition coefficient (Wildman–Crippen LogP) is 2.66. The Kier molecular flexibility index (Phi) is 6.50. The monoisotopic (exact) mass is 267 g/mol. The summed E-state index contributed by atoms with van der Waals surface area (Å²) in [5.41, 5.74) is 1.13. The normalized spacial score (nSPS) is 12.2. The Morgan fingerprint density at radius 2 is 2.16 bits per heavy atom. The SMILES string of the molecule is CCCC(CCO)CNC(=O)c1cc(F)ccc1C. The molecule has 19 heavy (non-hydrogen) atoms. The number of carbonyl (C=O) groups is 1. The molecule has 0 fully saturated rings. The van der Waals surface area contributed by atoms with E-state index in [9.17, 15) is 9.18 Å². The summed E-state index contributed by atoms with van der Waals surface area (Å²) < 4.78 is 13.1. The molecular weight excluding hydrogens is 245 g/mol. The van der Waals surface area contributed by atoms with Crippen LogP contribution in [0, 0.1) is 18.7 Å². The van der Waals surface area contributed by atoms with Gasteiger partial charge in [-0.1, -0.05) is 19.4 Å². The van der Waals surface area contributed by atoms with E-state index in [0.717, 1.165) is 18.4 Å². The van der Waals surface area contributed by atoms with Crippen molar-refractivity contribution in [2.45, 2.75) is 33.1 Å². The first-order valence-electron chi connectivity index (χ1n) is 6.73. The van der Waals surface area contributed by atoms with Crippen molar-refractivity contribution in [1.82, 2.24) is 5.32 Å². The molecule has 0 saturated heterocycles. The van der Waals surface area contributed by atoms with Gasteiger partial charge in [0.25, 0.3) is 5.91 Å². The van der Waals surface area contributed by atoms with Crippen molar-refractivity contribution < 1.29 is 14.3 Å². The first-order chi connectivity index (χ1) is 9.08. The van der Waals surface area contributed by atoms with Crippen LogP contribution in [0.3, 0.4) is 0 Å². The lowest BCUT2D eigenvalue weighted by atomic mass is 10.00. The van der Waals surface area contributed by atoms with E-state index < -0.39 is 5.82 Å². The second-order valence-electron chi connectivity index (χ2n) is 4.84. The molecule has 0 aliphatic rings. The summed E-state index contributed by atoms with van der Waals surface area (Å²) in [5, 5.41) is 11.8. The van der Waals surface area contributed by atoms with Crippen molar-refractivity contribution in [2.75, 3.05) is 13.2 Å². The molecule has 0 bridgehead atoms. The van der Waals surface area contributed by atoms with E-state index in [0.29, 0.717) is 18.5 Å². The summed E-state index contributed by atoms with van der Waals surface area (Å²) in [6.07, 6.45) is 2.65. The summed E-state index contributed by atoms with van der Waals surface area (Å²) in [5.74, 6) is -0.389. The van der Waals surface area contributed by atoms with Gasteiger partial charge in [0, 0.05) is 18.7 Å². The molecule has 0 radical (unpaired) electrons. The fraction of sp³-hybridized carbons (Fsp3) is 0.533. The zero-order valence-electron chi connectivity index (χ0n) is 11.6. The van der Waals surface area contributed by atoms with Gasteiger partial charge in [0.1, 0.15) is 5.82 Å². The zero-order valence-corrected chi connectivity index (χ0v) is 11.6. The molecule has 0 aromatic heterocycles. The van der Waals surface area contributed by atoms with Crippen molar-refractivity contribution in [3.63, 3.8) is 0 Å². The van der Waals surface area contributed by atoms with Crippen LogP contribution in [0.4, 0.5) is 4.39 Å². The highest BCUT2D eigenvalue weighted by atomic mass is 19.1. The summed E-state index contributed by atoms with van der Waals surface area (Å²) in [7, 11) is 0. The lowest BCUT2D eigenvalue weighted by molar-refractivity contribution is 0.0942. The summed E-state index contributed by atoms with van der Waals surface area (Å²) in [6, 6.07) is 4.20. The minimum atomic E-state index is -0.406. The van der Waals surface area contributed by atoms with Crippen LogP contribution in [0.1, 0.15) is 42.1 Å². The fourth-order valence-electron chi connectivity index (χ4n) is 2.11. The van der Waals surface area contributed by atoms with Crippen LogP contribution in [0.5, 0.6) is 0 Å².